The molecule has 0 aliphatic carbocycles. The van der Waals surface area contributed by atoms with Gasteiger partial charge >= 0.3 is 11.2 Å². The Morgan fingerprint density at radius 1 is 1.64 bits per heavy atom. The lowest BCUT2D eigenvalue weighted by molar-refractivity contribution is -0.386. The second kappa shape index (κ2) is 4.34. The normalized spacial score (nSPS) is 10.1. The summed E-state index contributed by atoms with van der Waals surface area (Å²) in [6.45, 7) is 0.520. The van der Waals surface area contributed by atoms with Crippen LogP contribution in [0.3, 0.4) is 0 Å². The van der Waals surface area contributed by atoms with Gasteiger partial charge in [0.05, 0.1) is 4.92 Å². The Kier molecular flexibility index (Phi) is 3.37. The first-order chi connectivity index (χ1) is 6.56. The SMILES string of the molecule is NCCn1cc(Br)cc([N+](=O)[O-])c1=O. The van der Waals surface area contributed by atoms with E-state index in [2.05, 4.69) is 15.9 Å². The highest BCUT2D eigenvalue weighted by atomic mass is 79.9. The molecule has 0 aromatic carbocycles. The van der Waals surface area contributed by atoms with Gasteiger partial charge in [-0.05, 0) is 15.9 Å². The molecule has 0 atom stereocenters. The number of hydrogen-bond acceptors (Lipinski definition) is 4. The van der Waals surface area contributed by atoms with Crippen LogP contribution >= 0.6 is 15.9 Å². The lowest BCUT2D eigenvalue weighted by Gasteiger charge is -2.03. The van der Waals surface area contributed by atoms with E-state index in [4.69, 9.17) is 5.73 Å². The van der Waals surface area contributed by atoms with Crippen LogP contribution in [0.4, 0.5) is 5.69 Å². The van der Waals surface area contributed by atoms with Gasteiger partial charge in [-0.25, -0.2) is 0 Å². The third kappa shape index (κ3) is 2.18. The zero-order chi connectivity index (χ0) is 10.7. The molecular formula is C7H8BrN3O3. The summed E-state index contributed by atoms with van der Waals surface area (Å²) in [6.07, 6.45) is 1.47. The van der Waals surface area contributed by atoms with E-state index in [9.17, 15) is 14.9 Å². The van der Waals surface area contributed by atoms with Crippen molar-refractivity contribution in [1.82, 2.24) is 4.57 Å². The molecule has 1 aromatic rings. The maximum Gasteiger partial charge on any atom is 0.335 e. The molecule has 76 valence electrons. The Morgan fingerprint density at radius 3 is 2.79 bits per heavy atom. The van der Waals surface area contributed by atoms with Crippen LogP contribution in [0.5, 0.6) is 0 Å². The molecule has 0 aliphatic rings. The average Bonchev–Trinajstić information content (AvgIpc) is 2.10. The zero-order valence-electron chi connectivity index (χ0n) is 7.14. The van der Waals surface area contributed by atoms with Crippen molar-refractivity contribution in [2.75, 3.05) is 6.54 Å². The number of nitrogens with zero attached hydrogens (tertiary/aromatic N) is 2. The highest BCUT2D eigenvalue weighted by Gasteiger charge is 2.15. The summed E-state index contributed by atoms with van der Waals surface area (Å²) in [5.74, 6) is 0. The molecule has 7 heteroatoms. The predicted molar refractivity (Wildman–Crippen MR) is 54.1 cm³/mol. The van der Waals surface area contributed by atoms with E-state index >= 15 is 0 Å². The van der Waals surface area contributed by atoms with Crippen LogP contribution in [0.2, 0.25) is 0 Å². The monoisotopic (exact) mass is 261 g/mol. The Labute approximate surface area is 87.6 Å². The van der Waals surface area contributed by atoms with E-state index in [0.717, 1.165) is 0 Å². The van der Waals surface area contributed by atoms with Crippen LogP contribution in [0.25, 0.3) is 0 Å². The molecule has 6 nitrogen and oxygen atoms in total. The standard InChI is InChI=1S/C7H8BrN3O3/c8-5-3-6(11(13)14)7(12)10(4-5)2-1-9/h3-4H,1-2,9H2. The minimum Gasteiger partial charge on any atom is -0.329 e. The molecule has 0 radical (unpaired) electrons. The van der Waals surface area contributed by atoms with Gasteiger partial charge in [-0.1, -0.05) is 0 Å². The molecule has 0 fully saturated rings. The molecule has 14 heavy (non-hydrogen) atoms. The Bertz CT molecular complexity index is 415. The molecule has 0 unspecified atom stereocenters. The first kappa shape index (κ1) is 10.9. The van der Waals surface area contributed by atoms with E-state index in [0.29, 0.717) is 4.47 Å². The summed E-state index contributed by atoms with van der Waals surface area (Å²) >= 11 is 3.08. The third-order valence-corrected chi connectivity index (χ3v) is 2.03. The molecule has 0 amide bonds. The van der Waals surface area contributed by atoms with Gasteiger partial charge in [0.25, 0.3) is 0 Å². The molecule has 2 N–H and O–H groups in total. The van der Waals surface area contributed by atoms with Crippen molar-refractivity contribution in [2.45, 2.75) is 6.54 Å². The van der Waals surface area contributed by atoms with Gasteiger partial charge in [0.15, 0.2) is 0 Å². The molecule has 1 aromatic heterocycles. The summed E-state index contributed by atoms with van der Waals surface area (Å²) in [4.78, 5) is 21.2. The quantitative estimate of drug-likeness (QED) is 0.633. The number of aromatic nitrogens is 1. The lowest BCUT2D eigenvalue weighted by Crippen LogP contribution is -2.25. The number of halogens is 1. The summed E-state index contributed by atoms with van der Waals surface area (Å²) in [5.41, 5.74) is 4.17. The number of nitro groups is 1. The minimum absolute atomic E-state index is 0.257. The third-order valence-electron chi connectivity index (χ3n) is 1.60. The predicted octanol–water partition coefficient (Wildman–Crippen LogP) is 0.478. The van der Waals surface area contributed by atoms with E-state index in [1.165, 1.54) is 16.8 Å². The fourth-order valence-electron chi connectivity index (χ4n) is 1.02. The van der Waals surface area contributed by atoms with E-state index in [-0.39, 0.29) is 13.1 Å². The van der Waals surface area contributed by atoms with Gasteiger partial charge in [-0.15, -0.1) is 0 Å². The number of rotatable bonds is 3. The summed E-state index contributed by atoms with van der Waals surface area (Å²) < 4.78 is 1.69. The maximum atomic E-state index is 11.4. The lowest BCUT2D eigenvalue weighted by atomic mass is 10.4. The minimum atomic E-state index is -0.708. The van der Waals surface area contributed by atoms with Crippen molar-refractivity contribution in [1.29, 1.82) is 0 Å². The molecule has 0 saturated heterocycles. The van der Waals surface area contributed by atoms with Crippen LogP contribution in [0, 0.1) is 10.1 Å². The zero-order valence-corrected chi connectivity index (χ0v) is 8.73. The largest absolute Gasteiger partial charge is 0.335 e. The molecule has 0 spiro atoms. The van der Waals surface area contributed by atoms with Crippen LogP contribution in [-0.2, 0) is 6.54 Å². The fraction of sp³-hybridized carbons (Fsp3) is 0.286. The Balaban J connectivity index is 3.32. The Hall–Kier alpha value is -1.21. The smallest absolute Gasteiger partial charge is 0.329 e. The summed E-state index contributed by atoms with van der Waals surface area (Å²) in [6, 6.07) is 1.18. The summed E-state index contributed by atoms with van der Waals surface area (Å²) in [7, 11) is 0. The highest BCUT2D eigenvalue weighted by molar-refractivity contribution is 9.10. The van der Waals surface area contributed by atoms with E-state index in [1.807, 2.05) is 0 Å². The van der Waals surface area contributed by atoms with Crippen LogP contribution in [0.1, 0.15) is 0 Å². The molecular weight excluding hydrogens is 254 g/mol. The van der Waals surface area contributed by atoms with Crippen LogP contribution in [0.15, 0.2) is 21.5 Å². The highest BCUT2D eigenvalue weighted by Crippen LogP contribution is 2.13. The van der Waals surface area contributed by atoms with E-state index < -0.39 is 16.2 Å². The van der Waals surface area contributed by atoms with Gasteiger partial charge in [0.2, 0.25) is 0 Å². The van der Waals surface area contributed by atoms with Crippen LogP contribution in [-0.4, -0.2) is 16.0 Å². The van der Waals surface area contributed by atoms with Gasteiger partial charge in [-0.2, -0.15) is 0 Å². The molecule has 0 saturated carbocycles. The molecule has 1 rings (SSSR count). The summed E-state index contributed by atoms with van der Waals surface area (Å²) in [5, 5.41) is 10.5. The first-order valence-electron chi connectivity index (χ1n) is 3.80. The topological polar surface area (TPSA) is 91.2 Å². The van der Waals surface area contributed by atoms with Crippen LogP contribution < -0.4 is 11.3 Å². The van der Waals surface area contributed by atoms with Crippen molar-refractivity contribution in [3.8, 4) is 0 Å². The van der Waals surface area contributed by atoms with E-state index in [1.54, 1.807) is 0 Å². The average molecular weight is 262 g/mol. The number of pyridine rings is 1. The number of hydrogen-bond donors (Lipinski definition) is 1. The first-order valence-corrected chi connectivity index (χ1v) is 4.60. The van der Waals surface area contributed by atoms with Gasteiger partial charge in [-0.3, -0.25) is 14.9 Å². The van der Waals surface area contributed by atoms with Gasteiger partial charge in [0, 0.05) is 29.8 Å². The van der Waals surface area contributed by atoms with Gasteiger partial charge < -0.3 is 10.3 Å². The molecule has 0 aliphatic heterocycles. The second-order valence-electron chi connectivity index (χ2n) is 2.59. The fourth-order valence-corrected chi connectivity index (χ4v) is 1.48. The Morgan fingerprint density at radius 2 is 2.29 bits per heavy atom. The maximum absolute atomic E-state index is 11.4. The molecule has 1 heterocycles. The molecule has 0 bridgehead atoms. The van der Waals surface area contributed by atoms with Crippen molar-refractivity contribution >= 4 is 21.6 Å². The van der Waals surface area contributed by atoms with Gasteiger partial charge in [0.1, 0.15) is 0 Å². The van der Waals surface area contributed by atoms with Crippen molar-refractivity contribution < 1.29 is 4.92 Å². The van der Waals surface area contributed by atoms with Crippen molar-refractivity contribution in [2.24, 2.45) is 5.73 Å². The number of nitrogens with two attached hydrogens (primary N) is 1. The van der Waals surface area contributed by atoms with Crippen molar-refractivity contribution in [3.05, 3.63) is 37.2 Å². The second-order valence-corrected chi connectivity index (χ2v) is 3.50. The van der Waals surface area contributed by atoms with Crippen molar-refractivity contribution in [3.63, 3.8) is 0 Å².